The van der Waals surface area contributed by atoms with Crippen molar-refractivity contribution in [3.05, 3.63) is 66.5 Å². The summed E-state index contributed by atoms with van der Waals surface area (Å²) in [7, 11) is 0. The van der Waals surface area contributed by atoms with E-state index in [4.69, 9.17) is 9.72 Å². The van der Waals surface area contributed by atoms with Gasteiger partial charge in [-0.15, -0.1) is 0 Å². The van der Waals surface area contributed by atoms with E-state index in [1.807, 2.05) is 55.5 Å². The first kappa shape index (κ1) is 25.4. The third-order valence-electron chi connectivity index (χ3n) is 7.50. The van der Waals surface area contributed by atoms with Gasteiger partial charge in [0.25, 0.3) is 5.92 Å². The fourth-order valence-electron chi connectivity index (χ4n) is 5.19. The largest absolute Gasteiger partial charge is 0.437 e. The molecule has 2 atom stereocenters. The van der Waals surface area contributed by atoms with E-state index < -0.39 is 11.8 Å². The van der Waals surface area contributed by atoms with Crippen molar-refractivity contribution in [3.8, 4) is 22.9 Å². The Kier molecular flexibility index (Phi) is 6.99. The molecule has 3 heterocycles. The second-order valence-electron chi connectivity index (χ2n) is 10.4. The molecule has 0 unspecified atom stereocenters. The van der Waals surface area contributed by atoms with Gasteiger partial charge in [0.15, 0.2) is 0 Å². The molecule has 0 amide bonds. The van der Waals surface area contributed by atoms with Crippen LogP contribution in [0.2, 0.25) is 0 Å². The molecule has 3 N–H and O–H groups in total. The summed E-state index contributed by atoms with van der Waals surface area (Å²) in [5.41, 5.74) is 3.34. The number of hydrogen-bond acceptors (Lipinski definition) is 7. The first-order valence-corrected chi connectivity index (χ1v) is 13.6. The minimum Gasteiger partial charge on any atom is -0.437 e. The number of piperidine rings is 1. The fourth-order valence-corrected chi connectivity index (χ4v) is 5.19. The fraction of sp³-hybridized carbons (Fsp3) is 0.367. The van der Waals surface area contributed by atoms with E-state index in [2.05, 4.69) is 25.9 Å². The SMILES string of the molecule is Cc1ccc2c(NCC[C@H]3CC3(F)F)cccc2c1Oc1ncccc1-c1ccnc(N[C@H]2CCCNC2)n1. The number of benzene rings is 2. The first-order chi connectivity index (χ1) is 19.0. The van der Waals surface area contributed by atoms with Crippen molar-refractivity contribution in [2.24, 2.45) is 5.92 Å². The number of ether oxygens (including phenoxy) is 1. The summed E-state index contributed by atoms with van der Waals surface area (Å²) in [4.78, 5) is 13.7. The maximum atomic E-state index is 13.3. The summed E-state index contributed by atoms with van der Waals surface area (Å²) >= 11 is 0. The average molecular weight is 531 g/mol. The van der Waals surface area contributed by atoms with Gasteiger partial charge >= 0.3 is 0 Å². The van der Waals surface area contributed by atoms with Crippen LogP contribution in [-0.4, -0.2) is 46.6 Å². The molecule has 39 heavy (non-hydrogen) atoms. The van der Waals surface area contributed by atoms with Crippen LogP contribution in [0.15, 0.2) is 60.9 Å². The first-order valence-electron chi connectivity index (χ1n) is 13.6. The second-order valence-corrected chi connectivity index (χ2v) is 10.4. The molecule has 0 bridgehead atoms. The molecule has 0 radical (unpaired) electrons. The van der Waals surface area contributed by atoms with Gasteiger partial charge in [0, 0.05) is 60.3 Å². The second kappa shape index (κ2) is 10.7. The number of hydrogen-bond donors (Lipinski definition) is 3. The maximum Gasteiger partial charge on any atom is 0.251 e. The summed E-state index contributed by atoms with van der Waals surface area (Å²) in [5, 5.41) is 12.1. The molecule has 1 aliphatic carbocycles. The lowest BCUT2D eigenvalue weighted by Crippen LogP contribution is -2.38. The number of fused-ring (bicyclic) bond motifs is 1. The third kappa shape index (κ3) is 5.63. The predicted molar refractivity (Wildman–Crippen MR) is 150 cm³/mol. The topological polar surface area (TPSA) is 84.0 Å². The van der Waals surface area contributed by atoms with Gasteiger partial charge in [0.2, 0.25) is 11.8 Å². The Balaban J connectivity index is 1.26. The highest BCUT2D eigenvalue weighted by Gasteiger charge is 2.55. The van der Waals surface area contributed by atoms with Gasteiger partial charge in [-0.2, -0.15) is 0 Å². The summed E-state index contributed by atoms with van der Waals surface area (Å²) < 4.78 is 33.1. The van der Waals surface area contributed by atoms with Crippen molar-refractivity contribution >= 4 is 22.4 Å². The summed E-state index contributed by atoms with van der Waals surface area (Å²) in [6.45, 7) is 4.42. The monoisotopic (exact) mass is 530 g/mol. The number of rotatable bonds is 9. The minimum atomic E-state index is -2.49. The molecule has 7 nitrogen and oxygen atoms in total. The van der Waals surface area contributed by atoms with Crippen LogP contribution >= 0.6 is 0 Å². The number of pyridine rings is 1. The molecule has 4 aromatic rings. The molecular formula is C30H32F2N6O. The lowest BCUT2D eigenvalue weighted by molar-refractivity contribution is 0.0978. The highest BCUT2D eigenvalue weighted by atomic mass is 19.3. The van der Waals surface area contributed by atoms with Gasteiger partial charge in [-0.3, -0.25) is 0 Å². The molecule has 1 saturated carbocycles. The number of aromatic nitrogens is 3. The normalized spacial score (nSPS) is 20.0. The van der Waals surface area contributed by atoms with E-state index in [0.717, 1.165) is 59.2 Å². The quantitative estimate of drug-likeness (QED) is 0.231. The van der Waals surface area contributed by atoms with Crippen LogP contribution in [0.4, 0.5) is 20.4 Å². The van der Waals surface area contributed by atoms with E-state index >= 15 is 0 Å². The van der Waals surface area contributed by atoms with E-state index in [9.17, 15) is 8.78 Å². The number of alkyl halides is 2. The number of anilines is 2. The standard InChI is InChI=1S/C30H32F2N6O/c1-19-9-10-22-23(6-2-8-25(22)34-15-11-20-17-30(20,31)32)27(19)39-28-24(7-4-14-35-28)26-12-16-36-29(38-26)37-21-5-3-13-33-18-21/h2,4,6-10,12,14,16,20-21,33-34H,3,5,11,13,15,17-18H2,1H3,(H,36,37,38)/t20-,21-/m0/s1. The highest BCUT2D eigenvalue weighted by Crippen LogP contribution is 2.50. The van der Waals surface area contributed by atoms with E-state index in [1.165, 1.54) is 0 Å². The summed E-state index contributed by atoms with van der Waals surface area (Å²) in [6, 6.07) is 15.9. The van der Waals surface area contributed by atoms with Crippen molar-refractivity contribution < 1.29 is 13.5 Å². The average Bonchev–Trinajstić information content (AvgIpc) is 3.57. The molecular weight excluding hydrogens is 498 g/mol. The number of nitrogens with one attached hydrogen (secondary N) is 3. The van der Waals surface area contributed by atoms with Gasteiger partial charge in [-0.05, 0) is 62.6 Å². The molecule has 1 aliphatic heterocycles. The number of aryl methyl sites for hydroxylation is 1. The smallest absolute Gasteiger partial charge is 0.251 e. The van der Waals surface area contributed by atoms with E-state index in [1.54, 1.807) is 12.4 Å². The summed E-state index contributed by atoms with van der Waals surface area (Å²) in [5.74, 6) is -1.28. The lowest BCUT2D eigenvalue weighted by atomic mass is 10.0. The Hall–Kier alpha value is -3.85. The van der Waals surface area contributed by atoms with Crippen LogP contribution in [0.3, 0.4) is 0 Å². The van der Waals surface area contributed by atoms with Gasteiger partial charge < -0.3 is 20.7 Å². The Morgan fingerprint density at radius 2 is 1.95 bits per heavy atom. The van der Waals surface area contributed by atoms with Gasteiger partial charge in [-0.1, -0.05) is 24.3 Å². The minimum absolute atomic E-state index is 0.00448. The molecule has 2 aromatic carbocycles. The molecule has 2 aliphatic rings. The van der Waals surface area contributed by atoms with Crippen LogP contribution in [-0.2, 0) is 0 Å². The Morgan fingerprint density at radius 1 is 1.05 bits per heavy atom. The molecule has 1 saturated heterocycles. The molecule has 2 fully saturated rings. The van der Waals surface area contributed by atoms with Gasteiger partial charge in [0.1, 0.15) is 5.75 Å². The number of halogens is 2. The third-order valence-corrected chi connectivity index (χ3v) is 7.50. The van der Waals surface area contributed by atoms with Crippen molar-refractivity contribution in [2.45, 2.75) is 44.6 Å². The maximum absolute atomic E-state index is 13.3. The highest BCUT2D eigenvalue weighted by molar-refractivity contribution is 5.98. The van der Waals surface area contributed by atoms with Crippen LogP contribution in [0, 0.1) is 12.8 Å². The van der Waals surface area contributed by atoms with Crippen molar-refractivity contribution in [1.82, 2.24) is 20.3 Å². The molecule has 6 rings (SSSR count). The number of nitrogens with zero attached hydrogens (tertiary/aromatic N) is 3. The zero-order chi connectivity index (χ0) is 26.8. The van der Waals surface area contributed by atoms with Crippen molar-refractivity contribution in [3.63, 3.8) is 0 Å². The van der Waals surface area contributed by atoms with Crippen LogP contribution in [0.5, 0.6) is 11.6 Å². The van der Waals surface area contributed by atoms with Crippen molar-refractivity contribution in [1.29, 1.82) is 0 Å². The Bertz CT molecular complexity index is 1470. The van der Waals surface area contributed by atoms with Crippen LogP contribution in [0.1, 0.15) is 31.2 Å². The van der Waals surface area contributed by atoms with Crippen molar-refractivity contribution in [2.75, 3.05) is 30.3 Å². The Morgan fingerprint density at radius 3 is 2.77 bits per heavy atom. The molecule has 202 valence electrons. The van der Waals surface area contributed by atoms with E-state index in [0.29, 0.717) is 36.6 Å². The van der Waals surface area contributed by atoms with E-state index in [-0.39, 0.29) is 6.42 Å². The Labute approximate surface area is 226 Å². The summed E-state index contributed by atoms with van der Waals surface area (Å²) in [6.07, 6.45) is 6.09. The molecule has 9 heteroatoms. The predicted octanol–water partition coefficient (Wildman–Crippen LogP) is 6.41. The van der Waals surface area contributed by atoms with Gasteiger partial charge in [0.05, 0.1) is 11.3 Å². The molecule has 0 spiro atoms. The van der Waals surface area contributed by atoms with Crippen LogP contribution in [0.25, 0.3) is 22.0 Å². The zero-order valence-electron chi connectivity index (χ0n) is 21.9. The van der Waals surface area contributed by atoms with Gasteiger partial charge in [-0.25, -0.2) is 23.7 Å². The molecule has 2 aromatic heterocycles. The van der Waals surface area contributed by atoms with Crippen LogP contribution < -0.4 is 20.7 Å². The lowest BCUT2D eigenvalue weighted by Gasteiger charge is -2.23. The zero-order valence-corrected chi connectivity index (χ0v) is 21.9.